The molecule has 0 aliphatic rings. The Hall–Kier alpha value is -1.42. The number of hydrogen-bond donors (Lipinski definition) is 1. The first-order valence-corrected chi connectivity index (χ1v) is 6.17. The van der Waals surface area contributed by atoms with Crippen molar-refractivity contribution in [3.63, 3.8) is 0 Å². The van der Waals surface area contributed by atoms with Crippen LogP contribution in [-0.4, -0.2) is 30.4 Å². The molecule has 0 aliphatic carbocycles. The molecule has 0 spiro atoms. The first-order chi connectivity index (χ1) is 8.45. The quantitative estimate of drug-likeness (QED) is 0.868. The van der Waals surface area contributed by atoms with Crippen molar-refractivity contribution < 1.29 is 9.18 Å². The summed E-state index contributed by atoms with van der Waals surface area (Å²) in [6.07, 6.45) is 0.540. The molecule has 1 rings (SSSR count). The van der Waals surface area contributed by atoms with Crippen LogP contribution in [-0.2, 0) is 11.2 Å². The minimum atomic E-state index is -0.268. The van der Waals surface area contributed by atoms with Crippen molar-refractivity contribution in [3.8, 4) is 0 Å². The molecule has 0 heterocycles. The molecule has 2 unspecified atom stereocenters. The third-order valence-electron chi connectivity index (χ3n) is 3.20. The second kappa shape index (κ2) is 6.50. The highest BCUT2D eigenvalue weighted by Gasteiger charge is 2.21. The average Bonchev–Trinajstić information content (AvgIpc) is 2.36. The molecule has 4 heteroatoms. The van der Waals surface area contributed by atoms with E-state index in [-0.39, 0.29) is 23.7 Å². The maximum Gasteiger partial charge on any atom is 0.225 e. The van der Waals surface area contributed by atoms with Crippen molar-refractivity contribution in [2.24, 2.45) is 11.7 Å². The van der Waals surface area contributed by atoms with Crippen molar-refractivity contribution in [2.75, 3.05) is 13.6 Å². The fourth-order valence-corrected chi connectivity index (χ4v) is 1.83. The van der Waals surface area contributed by atoms with Crippen LogP contribution in [0, 0.1) is 11.7 Å². The molecular formula is C14H21FN2O. The minimum absolute atomic E-state index is 0.0208. The second-order valence-corrected chi connectivity index (χ2v) is 4.77. The summed E-state index contributed by atoms with van der Waals surface area (Å²) < 4.78 is 13.0. The predicted octanol–water partition coefficient (Wildman–Crippen LogP) is 1.81. The average molecular weight is 252 g/mol. The first-order valence-electron chi connectivity index (χ1n) is 6.17. The molecule has 2 N–H and O–H groups in total. The Morgan fingerprint density at radius 2 is 2.11 bits per heavy atom. The number of carbonyl (C=O) groups excluding carboxylic acids is 1. The van der Waals surface area contributed by atoms with E-state index in [0.29, 0.717) is 13.0 Å². The number of carbonyl (C=O) groups is 1. The Morgan fingerprint density at radius 3 is 2.67 bits per heavy atom. The van der Waals surface area contributed by atoms with E-state index in [0.717, 1.165) is 5.56 Å². The number of nitrogens with two attached hydrogens (primary N) is 1. The zero-order valence-electron chi connectivity index (χ0n) is 11.2. The fraction of sp³-hybridized carbons (Fsp3) is 0.500. The van der Waals surface area contributed by atoms with E-state index in [1.807, 2.05) is 19.9 Å². The van der Waals surface area contributed by atoms with Gasteiger partial charge in [0.25, 0.3) is 0 Å². The van der Waals surface area contributed by atoms with Crippen molar-refractivity contribution >= 4 is 5.91 Å². The molecule has 2 atom stereocenters. The van der Waals surface area contributed by atoms with Gasteiger partial charge in [-0.2, -0.15) is 0 Å². The SMILES string of the molecule is CC(Cc1cccc(F)c1)C(=O)N(C)C(C)CN. The summed E-state index contributed by atoms with van der Waals surface area (Å²) in [5, 5.41) is 0. The van der Waals surface area contributed by atoms with Gasteiger partial charge < -0.3 is 10.6 Å². The number of hydrogen-bond acceptors (Lipinski definition) is 2. The van der Waals surface area contributed by atoms with Crippen molar-refractivity contribution in [1.29, 1.82) is 0 Å². The number of halogens is 1. The van der Waals surface area contributed by atoms with Crippen LogP contribution in [0.3, 0.4) is 0 Å². The molecule has 18 heavy (non-hydrogen) atoms. The van der Waals surface area contributed by atoms with Gasteiger partial charge in [-0.1, -0.05) is 19.1 Å². The monoisotopic (exact) mass is 252 g/mol. The van der Waals surface area contributed by atoms with E-state index in [9.17, 15) is 9.18 Å². The van der Waals surface area contributed by atoms with E-state index in [4.69, 9.17) is 5.73 Å². The highest BCUT2D eigenvalue weighted by atomic mass is 19.1. The number of benzene rings is 1. The van der Waals surface area contributed by atoms with Crippen LogP contribution in [0.15, 0.2) is 24.3 Å². The molecule has 100 valence electrons. The van der Waals surface area contributed by atoms with Gasteiger partial charge in [0, 0.05) is 25.6 Å². The highest BCUT2D eigenvalue weighted by Crippen LogP contribution is 2.13. The zero-order chi connectivity index (χ0) is 13.7. The topological polar surface area (TPSA) is 46.3 Å². The van der Waals surface area contributed by atoms with Gasteiger partial charge in [0.15, 0.2) is 0 Å². The van der Waals surface area contributed by atoms with Gasteiger partial charge in [0.05, 0.1) is 0 Å². The molecule has 0 saturated carbocycles. The number of rotatable bonds is 5. The van der Waals surface area contributed by atoms with Crippen LogP contribution >= 0.6 is 0 Å². The Kier molecular flexibility index (Phi) is 5.28. The van der Waals surface area contributed by atoms with E-state index in [2.05, 4.69) is 0 Å². The van der Waals surface area contributed by atoms with Crippen LogP contribution < -0.4 is 5.73 Å². The summed E-state index contributed by atoms with van der Waals surface area (Å²) in [6.45, 7) is 4.20. The zero-order valence-corrected chi connectivity index (χ0v) is 11.2. The summed E-state index contributed by atoms with van der Waals surface area (Å²) >= 11 is 0. The number of nitrogens with zero attached hydrogens (tertiary/aromatic N) is 1. The van der Waals surface area contributed by atoms with E-state index in [1.54, 1.807) is 18.0 Å². The molecule has 0 aromatic heterocycles. The lowest BCUT2D eigenvalue weighted by molar-refractivity contribution is -0.135. The van der Waals surface area contributed by atoms with Crippen LogP contribution in [0.1, 0.15) is 19.4 Å². The molecule has 1 aromatic carbocycles. The van der Waals surface area contributed by atoms with Gasteiger partial charge in [-0.3, -0.25) is 4.79 Å². The molecular weight excluding hydrogens is 231 g/mol. The van der Waals surface area contributed by atoms with E-state index < -0.39 is 0 Å². The molecule has 0 saturated heterocycles. The third-order valence-corrected chi connectivity index (χ3v) is 3.20. The summed E-state index contributed by atoms with van der Waals surface area (Å²) in [6, 6.07) is 6.38. The van der Waals surface area contributed by atoms with Gasteiger partial charge in [-0.15, -0.1) is 0 Å². The van der Waals surface area contributed by atoms with Crippen molar-refractivity contribution in [3.05, 3.63) is 35.6 Å². The largest absolute Gasteiger partial charge is 0.342 e. The van der Waals surface area contributed by atoms with Crippen molar-refractivity contribution in [2.45, 2.75) is 26.3 Å². The van der Waals surface area contributed by atoms with E-state index in [1.165, 1.54) is 12.1 Å². The van der Waals surface area contributed by atoms with Crippen molar-refractivity contribution in [1.82, 2.24) is 4.90 Å². The van der Waals surface area contributed by atoms with Crippen LogP contribution in [0.4, 0.5) is 4.39 Å². The predicted molar refractivity (Wildman–Crippen MR) is 70.6 cm³/mol. The summed E-state index contributed by atoms with van der Waals surface area (Å²) in [5.74, 6) is -0.404. The fourth-order valence-electron chi connectivity index (χ4n) is 1.83. The Bertz CT molecular complexity index is 409. The summed E-state index contributed by atoms with van der Waals surface area (Å²) in [4.78, 5) is 13.8. The Morgan fingerprint density at radius 1 is 1.44 bits per heavy atom. The minimum Gasteiger partial charge on any atom is -0.342 e. The van der Waals surface area contributed by atoms with Crippen LogP contribution in [0.5, 0.6) is 0 Å². The lowest BCUT2D eigenvalue weighted by Crippen LogP contribution is -2.42. The van der Waals surface area contributed by atoms with Gasteiger partial charge in [-0.05, 0) is 31.0 Å². The van der Waals surface area contributed by atoms with Gasteiger partial charge in [0.1, 0.15) is 5.82 Å². The molecule has 0 fully saturated rings. The normalized spacial score (nSPS) is 14.1. The summed E-state index contributed by atoms with van der Waals surface area (Å²) in [7, 11) is 1.75. The summed E-state index contributed by atoms with van der Waals surface area (Å²) in [5.41, 5.74) is 6.38. The highest BCUT2D eigenvalue weighted by molar-refractivity contribution is 5.78. The lowest BCUT2D eigenvalue weighted by atomic mass is 9.99. The molecule has 0 aliphatic heterocycles. The lowest BCUT2D eigenvalue weighted by Gasteiger charge is -2.26. The van der Waals surface area contributed by atoms with Gasteiger partial charge in [0.2, 0.25) is 5.91 Å². The van der Waals surface area contributed by atoms with Gasteiger partial charge in [-0.25, -0.2) is 4.39 Å². The first kappa shape index (κ1) is 14.6. The maximum absolute atomic E-state index is 13.0. The van der Waals surface area contributed by atoms with Gasteiger partial charge >= 0.3 is 0 Å². The van der Waals surface area contributed by atoms with Crippen LogP contribution in [0.2, 0.25) is 0 Å². The second-order valence-electron chi connectivity index (χ2n) is 4.77. The Labute approximate surface area is 108 Å². The molecule has 0 bridgehead atoms. The third kappa shape index (κ3) is 3.81. The standard InChI is InChI=1S/C14H21FN2O/c1-10(14(18)17(3)11(2)9-16)7-12-5-4-6-13(15)8-12/h4-6,8,10-11H,7,9,16H2,1-3H3. The number of amides is 1. The van der Waals surface area contributed by atoms with E-state index >= 15 is 0 Å². The van der Waals surface area contributed by atoms with Crippen LogP contribution in [0.25, 0.3) is 0 Å². The molecule has 1 amide bonds. The molecule has 1 aromatic rings. The maximum atomic E-state index is 13.0. The number of likely N-dealkylation sites (N-methyl/N-ethyl adjacent to an activating group) is 1. The molecule has 3 nitrogen and oxygen atoms in total. The smallest absolute Gasteiger partial charge is 0.225 e. The Balaban J connectivity index is 2.65. The molecule has 0 radical (unpaired) electrons.